The maximum atomic E-state index is 12.4. The minimum Gasteiger partial charge on any atom is -0.850 e. The summed E-state index contributed by atoms with van der Waals surface area (Å²) in [6.07, 6.45) is 21.5. The van der Waals surface area contributed by atoms with Gasteiger partial charge >= 0.3 is 52.4 Å². The van der Waals surface area contributed by atoms with Crippen LogP contribution < -0.4 is 40.4 Å². The van der Waals surface area contributed by atoms with E-state index in [1.54, 1.807) is 125 Å². The first-order valence-corrected chi connectivity index (χ1v) is 26.8. The van der Waals surface area contributed by atoms with Crippen LogP contribution in [0.5, 0.6) is 0 Å². The molecule has 0 aromatic rings. The molecular formula is C48H98O10P2Zr2. The van der Waals surface area contributed by atoms with Gasteiger partial charge in [-0.25, -0.2) is 0 Å². The molecule has 0 aromatic carbocycles. The van der Waals surface area contributed by atoms with E-state index in [2.05, 4.69) is 0 Å². The summed E-state index contributed by atoms with van der Waals surface area (Å²) < 4.78 is 24.7. The van der Waals surface area contributed by atoms with Gasteiger partial charge in [0.25, 0.3) is 0 Å². The molecule has 4 aliphatic rings. The Balaban J connectivity index is -0.000000154. The predicted molar refractivity (Wildman–Crippen MR) is 241 cm³/mol. The Morgan fingerprint density at radius 1 is 0.274 bits per heavy atom. The maximum absolute atomic E-state index is 12.4. The van der Waals surface area contributed by atoms with E-state index in [4.69, 9.17) is 0 Å². The van der Waals surface area contributed by atoms with E-state index in [0.717, 1.165) is 103 Å². The van der Waals surface area contributed by atoms with Crippen LogP contribution in [0.15, 0.2) is 0 Å². The van der Waals surface area contributed by atoms with E-state index < -0.39 is 48.3 Å². The molecule has 0 N–H and O–H groups in total. The Morgan fingerprint density at radius 3 is 0.435 bits per heavy atom. The molecule has 368 valence electrons. The van der Waals surface area contributed by atoms with Gasteiger partial charge in [0.05, 0.1) is 0 Å². The van der Waals surface area contributed by atoms with Crippen molar-refractivity contribution in [1.82, 2.24) is 0 Å². The van der Waals surface area contributed by atoms with E-state index in [1.807, 2.05) is 0 Å². The fraction of sp³-hybridized carbons (Fsp3) is 1.00. The predicted octanol–water partition coefficient (Wildman–Crippen LogP) is 7.45. The van der Waals surface area contributed by atoms with E-state index in [1.165, 1.54) is 25.7 Å². The van der Waals surface area contributed by atoms with Crippen LogP contribution in [-0.2, 0) is 61.5 Å². The molecule has 0 aliphatic heterocycles. The molecule has 4 rings (SSSR count). The monoisotopic (exact) mass is 1080 g/mol. The van der Waals surface area contributed by atoms with Crippen molar-refractivity contribution in [3.8, 4) is 0 Å². The Morgan fingerprint density at radius 2 is 0.355 bits per heavy atom. The molecule has 0 spiro atoms. The Labute approximate surface area is 423 Å². The molecule has 0 amide bonds. The first-order chi connectivity index (χ1) is 26.4. The third kappa shape index (κ3) is 68.5. The largest absolute Gasteiger partial charge is 4.00 e. The van der Waals surface area contributed by atoms with Crippen molar-refractivity contribution in [2.24, 2.45) is 0 Å². The van der Waals surface area contributed by atoms with Gasteiger partial charge in [-0.2, -0.15) is 0 Å². The molecule has 0 radical (unpaired) electrons. The molecule has 62 heavy (non-hydrogen) atoms. The second kappa shape index (κ2) is 35.9. The minimum atomic E-state index is -3.09. The molecule has 0 heterocycles. The molecule has 10 nitrogen and oxygen atoms in total. The van der Waals surface area contributed by atoms with Gasteiger partial charge in [0, 0.05) is 37.4 Å². The molecule has 0 bridgehead atoms. The summed E-state index contributed by atoms with van der Waals surface area (Å²) in [7, 11) is -6.19. The van der Waals surface area contributed by atoms with Crippen LogP contribution in [0.25, 0.3) is 0 Å². The second-order valence-electron chi connectivity index (χ2n) is 23.1. The fourth-order valence-electron chi connectivity index (χ4n) is 6.36. The first kappa shape index (κ1) is 75.4. The van der Waals surface area contributed by atoms with Crippen molar-refractivity contribution in [2.45, 2.75) is 309 Å². The standard InChI is InChI=1S/2C12H23O2P.6C4H9O.2Zr/c2*13-15(14,11-7-3-1-4-8-11)12-9-5-2-6-10-12;6*1-4(2,3)5;;/h2*11-12H,1-10H2,(H,13,14);6*1-3H3;;/q;;6*-1;2*+4/p-2. The van der Waals surface area contributed by atoms with Gasteiger partial charge < -0.3 is 49.6 Å². The quantitative estimate of drug-likeness (QED) is 0.253. The summed E-state index contributed by atoms with van der Waals surface area (Å²) in [5, 5.41) is 60.6. The molecule has 0 atom stereocenters. The van der Waals surface area contributed by atoms with Crippen molar-refractivity contribution >= 4 is 14.7 Å². The molecule has 4 fully saturated rings. The minimum absolute atomic E-state index is 0. The third-order valence-electron chi connectivity index (χ3n) is 8.33. The van der Waals surface area contributed by atoms with E-state index in [0.29, 0.717) is 0 Å². The van der Waals surface area contributed by atoms with Crippen LogP contribution in [0.3, 0.4) is 0 Å². The molecular weight excluding hydrogens is 981 g/mol. The van der Waals surface area contributed by atoms with Crippen molar-refractivity contribution < 1.29 is 102 Å². The molecule has 0 aromatic heterocycles. The molecule has 0 unspecified atom stereocenters. The zero-order chi connectivity index (χ0) is 48.5. The second-order valence-corrected chi connectivity index (χ2v) is 28.6. The fourth-order valence-corrected chi connectivity index (χ4v) is 11.9. The van der Waals surface area contributed by atoms with Gasteiger partial charge in [0.2, 0.25) is 0 Å². The Kier molecular flexibility index (Phi) is 43.7. The van der Waals surface area contributed by atoms with Crippen LogP contribution in [0.1, 0.15) is 253 Å². The molecule has 14 heteroatoms. The SMILES string of the molecule is CC(C)(C)[O-].CC(C)(C)[O-].CC(C)(C)[O-].CC(C)(C)[O-].CC(C)(C)[O-].CC(C)(C)[O-].O=P([O-])(C1CCCCC1)C1CCCCC1.O=P([O-])(C1CCCCC1)C1CCCCC1.[Zr+4].[Zr+4]. The van der Waals surface area contributed by atoms with Gasteiger partial charge in [0.1, 0.15) is 0 Å². The smallest absolute Gasteiger partial charge is 0.850 e. The van der Waals surface area contributed by atoms with Crippen molar-refractivity contribution in [2.75, 3.05) is 0 Å². The van der Waals surface area contributed by atoms with Gasteiger partial charge in [0.15, 0.2) is 0 Å². The normalized spacial score (nSPS) is 18.7. The summed E-state index contributed by atoms with van der Waals surface area (Å²) in [5.41, 5.74) is -4.35. The number of hydrogen-bond acceptors (Lipinski definition) is 10. The average molecular weight is 1080 g/mol. The van der Waals surface area contributed by atoms with Crippen LogP contribution in [-0.4, -0.2) is 56.2 Å². The summed E-state index contributed by atoms with van der Waals surface area (Å²) in [6, 6.07) is 0. The summed E-state index contributed by atoms with van der Waals surface area (Å²) in [6.45, 7) is 29.4. The van der Waals surface area contributed by atoms with E-state index in [-0.39, 0.29) is 75.0 Å². The summed E-state index contributed by atoms with van der Waals surface area (Å²) in [4.78, 5) is 24.7. The van der Waals surface area contributed by atoms with Crippen LogP contribution >= 0.6 is 14.7 Å². The van der Waals surface area contributed by atoms with Crippen LogP contribution in [0.4, 0.5) is 0 Å². The average Bonchev–Trinajstić information content (AvgIpc) is 3.02. The van der Waals surface area contributed by atoms with Crippen LogP contribution in [0.2, 0.25) is 0 Å². The maximum Gasteiger partial charge on any atom is 4.00 e. The Bertz CT molecular complexity index is 883. The molecule has 0 saturated heterocycles. The molecule has 4 aliphatic carbocycles. The van der Waals surface area contributed by atoms with E-state index in [9.17, 15) is 49.6 Å². The van der Waals surface area contributed by atoms with E-state index >= 15 is 0 Å². The Hall–Kier alpha value is 1.91. The van der Waals surface area contributed by atoms with Crippen LogP contribution in [0, 0.1) is 0 Å². The number of hydrogen-bond donors (Lipinski definition) is 0. The molecule has 4 saturated carbocycles. The van der Waals surface area contributed by atoms with Gasteiger partial charge in [-0.1, -0.05) is 202 Å². The first-order valence-electron chi connectivity index (χ1n) is 23.3. The zero-order valence-electron chi connectivity index (χ0n) is 43.4. The number of rotatable bonds is 4. The zero-order valence-corrected chi connectivity index (χ0v) is 50.1. The summed E-state index contributed by atoms with van der Waals surface area (Å²) >= 11 is 0. The van der Waals surface area contributed by atoms with Crippen molar-refractivity contribution in [3.05, 3.63) is 0 Å². The van der Waals surface area contributed by atoms with Crippen molar-refractivity contribution in [1.29, 1.82) is 0 Å². The van der Waals surface area contributed by atoms with Gasteiger partial charge in [-0.15, -0.1) is 33.6 Å². The summed E-state index contributed by atoms with van der Waals surface area (Å²) in [5.74, 6) is 0. The topological polar surface area (TPSA) is 219 Å². The third-order valence-corrected chi connectivity index (χ3v) is 14.5. The van der Waals surface area contributed by atoms with Gasteiger partial charge in [-0.05, 0) is 51.4 Å². The van der Waals surface area contributed by atoms with Crippen molar-refractivity contribution in [3.63, 3.8) is 0 Å². The van der Waals surface area contributed by atoms with Gasteiger partial charge in [-0.3, -0.25) is 0 Å².